The van der Waals surface area contributed by atoms with E-state index in [9.17, 15) is 4.79 Å². The van der Waals surface area contributed by atoms with E-state index in [-0.39, 0.29) is 11.0 Å². The summed E-state index contributed by atoms with van der Waals surface area (Å²) in [5, 5.41) is 0.189. The highest BCUT2D eigenvalue weighted by Gasteiger charge is 2.37. The molecule has 3 nitrogen and oxygen atoms in total. The minimum Gasteiger partial charge on any atom is -0.450 e. The Morgan fingerprint density at radius 2 is 2.05 bits per heavy atom. The topological polar surface area (TPSA) is 35.5 Å². The molecule has 4 heteroatoms. The molecule has 0 heterocycles. The summed E-state index contributed by atoms with van der Waals surface area (Å²) < 4.78 is 11.6. The Morgan fingerprint density at radius 3 is 2.45 bits per heavy atom. The van der Waals surface area contributed by atoms with E-state index < -0.39 is 14.4 Å². The lowest BCUT2D eigenvalue weighted by Crippen LogP contribution is -2.41. The van der Waals surface area contributed by atoms with E-state index in [0.29, 0.717) is 6.61 Å². The van der Waals surface area contributed by atoms with Crippen LogP contribution in [0.3, 0.4) is 0 Å². The molecule has 22 heavy (non-hydrogen) atoms. The highest BCUT2D eigenvalue weighted by Crippen LogP contribution is 2.36. The molecule has 1 aliphatic rings. The van der Waals surface area contributed by atoms with Gasteiger partial charge in [-0.3, -0.25) is 0 Å². The normalized spacial score (nSPS) is 17.4. The quantitative estimate of drug-likeness (QED) is 0.385. The summed E-state index contributed by atoms with van der Waals surface area (Å²) in [5.74, 6) is -0.231. The maximum atomic E-state index is 11.8. The lowest BCUT2D eigenvalue weighted by atomic mass is 9.99. The fraction of sp³-hybridized carbons (Fsp3) is 0.611. The van der Waals surface area contributed by atoms with Crippen molar-refractivity contribution >= 4 is 14.3 Å². The standard InChI is InChI=1S/C18H30O3Si/c1-8-16(21-17(19)15-10-9-11-15)12-14(2)13-20-22(6,7)18(3,4)5/h8,10,12,16H,1,9,11,13H2,2-7H3/b14-12+/t16-/m1/s1. The fourth-order valence-corrected chi connectivity index (χ4v) is 2.68. The summed E-state index contributed by atoms with van der Waals surface area (Å²) in [4.78, 5) is 11.8. The molecule has 0 unspecified atom stereocenters. The number of carbonyl (C=O) groups is 1. The van der Waals surface area contributed by atoms with Gasteiger partial charge in [0.15, 0.2) is 8.32 Å². The Kier molecular flexibility index (Phi) is 6.38. The fourth-order valence-electron chi connectivity index (χ4n) is 1.66. The molecule has 0 amide bonds. The van der Waals surface area contributed by atoms with Gasteiger partial charge in [0.1, 0.15) is 6.10 Å². The SMILES string of the molecule is C=C[C@H](/C=C(\C)CO[Si](C)(C)C(C)(C)C)OC(=O)C1=CCC1. The Labute approximate surface area is 136 Å². The molecule has 1 aliphatic carbocycles. The van der Waals surface area contributed by atoms with Crippen LogP contribution < -0.4 is 0 Å². The van der Waals surface area contributed by atoms with Crippen LogP contribution in [-0.4, -0.2) is 27.0 Å². The highest BCUT2D eigenvalue weighted by molar-refractivity contribution is 6.74. The van der Waals surface area contributed by atoms with Crippen molar-refractivity contribution in [3.8, 4) is 0 Å². The predicted octanol–water partition coefficient (Wildman–Crippen LogP) is 4.77. The molecule has 0 aromatic carbocycles. The van der Waals surface area contributed by atoms with Crippen LogP contribution in [-0.2, 0) is 14.0 Å². The number of hydrogen-bond donors (Lipinski definition) is 0. The van der Waals surface area contributed by atoms with E-state index in [0.717, 1.165) is 24.0 Å². The molecule has 0 N–H and O–H groups in total. The van der Waals surface area contributed by atoms with Crippen molar-refractivity contribution in [2.75, 3.05) is 6.61 Å². The van der Waals surface area contributed by atoms with E-state index in [2.05, 4.69) is 40.4 Å². The first-order valence-corrected chi connectivity index (χ1v) is 10.8. The third-order valence-corrected chi connectivity index (χ3v) is 8.94. The van der Waals surface area contributed by atoms with Crippen LogP contribution in [0.2, 0.25) is 18.1 Å². The summed E-state index contributed by atoms with van der Waals surface area (Å²) in [6, 6.07) is 0. The van der Waals surface area contributed by atoms with E-state index in [1.807, 2.05) is 19.1 Å². The summed E-state index contributed by atoms with van der Waals surface area (Å²) in [6.45, 7) is 17.4. The number of ether oxygens (including phenoxy) is 1. The van der Waals surface area contributed by atoms with Crippen molar-refractivity contribution in [2.24, 2.45) is 0 Å². The van der Waals surface area contributed by atoms with Gasteiger partial charge >= 0.3 is 5.97 Å². The smallest absolute Gasteiger partial charge is 0.334 e. The average molecular weight is 323 g/mol. The largest absolute Gasteiger partial charge is 0.450 e. The second-order valence-corrected chi connectivity index (χ2v) is 12.2. The number of hydrogen-bond acceptors (Lipinski definition) is 3. The first-order chi connectivity index (χ1) is 10.1. The van der Waals surface area contributed by atoms with Crippen LogP contribution in [0, 0.1) is 0 Å². The Hall–Kier alpha value is -1.13. The molecule has 0 saturated heterocycles. The summed E-state index contributed by atoms with van der Waals surface area (Å²) in [6.07, 6.45) is 6.87. The number of rotatable bonds is 7. The van der Waals surface area contributed by atoms with Crippen LogP contribution >= 0.6 is 0 Å². The molecule has 0 radical (unpaired) electrons. The lowest BCUT2D eigenvalue weighted by molar-refractivity contribution is -0.140. The maximum Gasteiger partial charge on any atom is 0.334 e. The van der Waals surface area contributed by atoms with Gasteiger partial charge in [-0.25, -0.2) is 4.79 Å². The molecule has 0 aliphatic heterocycles. The average Bonchev–Trinajstić information content (AvgIpc) is 2.32. The molecular formula is C18H30O3Si. The van der Waals surface area contributed by atoms with Gasteiger partial charge in [0.25, 0.3) is 0 Å². The zero-order chi connectivity index (χ0) is 17.0. The zero-order valence-corrected chi connectivity index (χ0v) is 15.9. The third-order valence-electron chi connectivity index (χ3n) is 4.46. The van der Waals surface area contributed by atoms with Gasteiger partial charge in [-0.15, -0.1) is 0 Å². The molecule has 1 rings (SSSR count). The summed E-state index contributed by atoms with van der Waals surface area (Å²) >= 11 is 0. The first-order valence-electron chi connectivity index (χ1n) is 7.90. The molecule has 1 atom stereocenters. The molecule has 124 valence electrons. The van der Waals surface area contributed by atoms with Crippen LogP contribution in [0.4, 0.5) is 0 Å². The van der Waals surface area contributed by atoms with Crippen LogP contribution in [0.1, 0.15) is 40.5 Å². The van der Waals surface area contributed by atoms with E-state index in [4.69, 9.17) is 9.16 Å². The van der Waals surface area contributed by atoms with Gasteiger partial charge in [-0.05, 0) is 55.6 Å². The summed E-state index contributed by atoms with van der Waals surface area (Å²) in [5.41, 5.74) is 1.83. The van der Waals surface area contributed by atoms with Gasteiger partial charge < -0.3 is 9.16 Å². The number of esters is 1. The molecule has 0 fully saturated rings. The minimum absolute atomic E-state index is 0.189. The van der Waals surface area contributed by atoms with E-state index >= 15 is 0 Å². The van der Waals surface area contributed by atoms with Gasteiger partial charge in [-0.2, -0.15) is 0 Å². The molecule has 0 aromatic rings. The monoisotopic (exact) mass is 322 g/mol. The Morgan fingerprint density at radius 1 is 1.45 bits per heavy atom. The number of carbonyl (C=O) groups excluding carboxylic acids is 1. The van der Waals surface area contributed by atoms with Crippen molar-refractivity contribution in [3.05, 3.63) is 36.0 Å². The first kappa shape index (κ1) is 18.9. The van der Waals surface area contributed by atoms with E-state index in [1.54, 1.807) is 6.08 Å². The Balaban J connectivity index is 2.58. The van der Waals surface area contributed by atoms with Crippen molar-refractivity contribution in [2.45, 2.75) is 64.8 Å². The molecule has 0 bridgehead atoms. The Bertz CT molecular complexity index is 481. The third kappa shape index (κ3) is 5.25. The molecular weight excluding hydrogens is 292 g/mol. The van der Waals surface area contributed by atoms with Crippen LogP contribution in [0.5, 0.6) is 0 Å². The van der Waals surface area contributed by atoms with Gasteiger partial charge in [0.05, 0.1) is 6.61 Å². The second-order valence-electron chi connectivity index (χ2n) is 7.44. The highest BCUT2D eigenvalue weighted by atomic mass is 28.4. The summed E-state index contributed by atoms with van der Waals surface area (Å²) in [7, 11) is -1.76. The van der Waals surface area contributed by atoms with Crippen molar-refractivity contribution in [1.82, 2.24) is 0 Å². The maximum absolute atomic E-state index is 11.8. The lowest BCUT2D eigenvalue weighted by Gasteiger charge is -2.36. The second kappa shape index (κ2) is 7.42. The van der Waals surface area contributed by atoms with Gasteiger partial charge in [0.2, 0.25) is 0 Å². The van der Waals surface area contributed by atoms with Crippen LogP contribution in [0.25, 0.3) is 0 Å². The zero-order valence-electron chi connectivity index (χ0n) is 14.9. The predicted molar refractivity (Wildman–Crippen MR) is 94.3 cm³/mol. The van der Waals surface area contributed by atoms with Gasteiger partial charge in [0, 0.05) is 5.57 Å². The van der Waals surface area contributed by atoms with Crippen molar-refractivity contribution < 1.29 is 14.0 Å². The molecule has 0 spiro atoms. The van der Waals surface area contributed by atoms with Crippen LogP contribution in [0.15, 0.2) is 36.0 Å². The van der Waals surface area contributed by atoms with Crippen molar-refractivity contribution in [3.63, 3.8) is 0 Å². The van der Waals surface area contributed by atoms with Crippen molar-refractivity contribution in [1.29, 1.82) is 0 Å². The van der Waals surface area contributed by atoms with E-state index in [1.165, 1.54) is 0 Å². The number of allylic oxidation sites excluding steroid dienone is 1. The minimum atomic E-state index is -1.76. The molecule has 0 aromatic heterocycles. The molecule has 0 saturated carbocycles. The van der Waals surface area contributed by atoms with Gasteiger partial charge in [-0.1, -0.05) is 33.4 Å².